The first-order chi connectivity index (χ1) is 10.8. The van der Waals surface area contributed by atoms with E-state index < -0.39 is 10.0 Å². The van der Waals surface area contributed by atoms with Crippen molar-refractivity contribution in [3.8, 4) is 0 Å². The number of nitrogens with zero attached hydrogens (tertiary/aromatic N) is 2. The fourth-order valence-electron chi connectivity index (χ4n) is 2.54. The molecule has 0 aliphatic carbocycles. The first kappa shape index (κ1) is 17.5. The average Bonchev–Trinajstić information content (AvgIpc) is 2.83. The summed E-state index contributed by atoms with van der Waals surface area (Å²) in [6, 6.07) is 8.16. The second-order valence-electron chi connectivity index (χ2n) is 5.47. The molecule has 7 heteroatoms. The molecule has 1 heterocycles. The maximum Gasteiger partial charge on any atom is 0.246 e. The summed E-state index contributed by atoms with van der Waals surface area (Å²) in [7, 11) is -3.61. The van der Waals surface area contributed by atoms with Crippen LogP contribution in [-0.4, -0.2) is 33.2 Å². The molecule has 126 valence electrons. The zero-order valence-corrected chi connectivity index (χ0v) is 14.8. The van der Waals surface area contributed by atoms with E-state index in [1.54, 1.807) is 13.8 Å². The number of aromatic nitrogens is 1. The largest absolute Gasteiger partial charge is 0.370 e. The first-order valence-electron chi connectivity index (χ1n) is 7.59. The third kappa shape index (κ3) is 4.11. The zero-order chi connectivity index (χ0) is 17.0. The molecule has 1 aromatic heterocycles. The number of nitrogens with one attached hydrogen (secondary N) is 1. The van der Waals surface area contributed by atoms with Gasteiger partial charge in [0.1, 0.15) is 10.6 Å². The minimum atomic E-state index is -3.61. The smallest absolute Gasteiger partial charge is 0.246 e. The van der Waals surface area contributed by atoms with E-state index in [4.69, 9.17) is 4.52 Å². The van der Waals surface area contributed by atoms with Crippen LogP contribution >= 0.6 is 0 Å². The van der Waals surface area contributed by atoms with Crippen LogP contribution < -0.4 is 9.62 Å². The molecular weight excluding hydrogens is 314 g/mol. The maximum absolute atomic E-state index is 12.4. The van der Waals surface area contributed by atoms with Crippen molar-refractivity contribution in [2.24, 2.45) is 0 Å². The molecule has 0 bridgehead atoms. The van der Waals surface area contributed by atoms with Crippen molar-refractivity contribution in [1.82, 2.24) is 9.88 Å². The van der Waals surface area contributed by atoms with Gasteiger partial charge in [-0.25, -0.2) is 13.1 Å². The van der Waals surface area contributed by atoms with Crippen LogP contribution in [0, 0.1) is 20.8 Å². The first-order valence-corrected chi connectivity index (χ1v) is 9.07. The minimum absolute atomic E-state index is 0.135. The third-order valence-corrected chi connectivity index (χ3v) is 5.36. The van der Waals surface area contributed by atoms with Crippen molar-refractivity contribution in [1.29, 1.82) is 0 Å². The van der Waals surface area contributed by atoms with Gasteiger partial charge in [-0.05, 0) is 45.4 Å². The van der Waals surface area contributed by atoms with Crippen LogP contribution in [0.5, 0.6) is 0 Å². The van der Waals surface area contributed by atoms with Gasteiger partial charge in [0.25, 0.3) is 0 Å². The standard InChI is InChI=1S/C16H23N3O3S/c1-5-19(15-8-6-7-12(2)11-15)10-9-17-23(20,21)16-13(3)18-22-14(16)4/h6-8,11,17H,5,9-10H2,1-4H3. The molecule has 2 aromatic rings. The zero-order valence-electron chi connectivity index (χ0n) is 14.0. The van der Waals surface area contributed by atoms with Crippen molar-refractivity contribution in [3.63, 3.8) is 0 Å². The lowest BCUT2D eigenvalue weighted by atomic mass is 10.2. The summed E-state index contributed by atoms with van der Waals surface area (Å²) >= 11 is 0. The number of hydrogen-bond donors (Lipinski definition) is 1. The van der Waals surface area contributed by atoms with Crippen LogP contribution in [0.4, 0.5) is 5.69 Å². The van der Waals surface area contributed by atoms with Crippen molar-refractivity contribution in [3.05, 3.63) is 41.3 Å². The monoisotopic (exact) mass is 337 g/mol. The highest BCUT2D eigenvalue weighted by atomic mass is 32.2. The van der Waals surface area contributed by atoms with Gasteiger partial charge in [0.2, 0.25) is 10.0 Å². The Morgan fingerprint density at radius 3 is 2.57 bits per heavy atom. The van der Waals surface area contributed by atoms with E-state index in [1.165, 1.54) is 5.56 Å². The van der Waals surface area contributed by atoms with E-state index in [0.717, 1.165) is 12.2 Å². The molecule has 0 fully saturated rings. The van der Waals surface area contributed by atoms with E-state index >= 15 is 0 Å². The molecule has 2 rings (SSSR count). The van der Waals surface area contributed by atoms with Crippen LogP contribution in [-0.2, 0) is 10.0 Å². The summed E-state index contributed by atoms with van der Waals surface area (Å²) < 4.78 is 32.3. The quantitative estimate of drug-likeness (QED) is 0.840. The Balaban J connectivity index is 2.03. The number of aryl methyl sites for hydroxylation is 3. The molecule has 0 aliphatic heterocycles. The predicted molar refractivity (Wildman–Crippen MR) is 90.2 cm³/mol. The summed E-state index contributed by atoms with van der Waals surface area (Å²) in [5, 5.41) is 3.69. The summed E-state index contributed by atoms with van der Waals surface area (Å²) in [6.07, 6.45) is 0. The lowest BCUT2D eigenvalue weighted by Gasteiger charge is -2.23. The SMILES string of the molecule is CCN(CCNS(=O)(=O)c1c(C)noc1C)c1cccc(C)c1. The van der Waals surface area contributed by atoms with Crippen molar-refractivity contribution >= 4 is 15.7 Å². The summed E-state index contributed by atoms with van der Waals surface area (Å²) in [6.45, 7) is 9.01. The summed E-state index contributed by atoms with van der Waals surface area (Å²) in [4.78, 5) is 2.26. The highest BCUT2D eigenvalue weighted by Crippen LogP contribution is 2.19. The van der Waals surface area contributed by atoms with Gasteiger partial charge in [0, 0.05) is 25.3 Å². The molecule has 0 saturated carbocycles. The molecule has 0 unspecified atom stereocenters. The van der Waals surface area contributed by atoms with Gasteiger partial charge in [-0.15, -0.1) is 0 Å². The Kier molecular flexibility index (Phi) is 5.43. The number of anilines is 1. The molecule has 0 amide bonds. The van der Waals surface area contributed by atoms with Crippen LogP contribution in [0.2, 0.25) is 0 Å². The molecular formula is C16H23N3O3S. The highest BCUT2D eigenvalue weighted by Gasteiger charge is 2.23. The van der Waals surface area contributed by atoms with Gasteiger partial charge >= 0.3 is 0 Å². The fourth-order valence-corrected chi connectivity index (χ4v) is 3.89. The molecule has 23 heavy (non-hydrogen) atoms. The Hall–Kier alpha value is -1.86. The van der Waals surface area contributed by atoms with Crippen molar-refractivity contribution in [2.45, 2.75) is 32.6 Å². The molecule has 0 atom stereocenters. The summed E-state index contributed by atoms with van der Waals surface area (Å²) in [5.74, 6) is 0.307. The van der Waals surface area contributed by atoms with Gasteiger partial charge in [0.05, 0.1) is 0 Å². The van der Waals surface area contributed by atoms with Crippen molar-refractivity contribution < 1.29 is 12.9 Å². The summed E-state index contributed by atoms with van der Waals surface area (Å²) in [5.41, 5.74) is 2.64. The number of benzene rings is 1. The van der Waals surface area contributed by atoms with Gasteiger partial charge in [0.15, 0.2) is 5.76 Å². The van der Waals surface area contributed by atoms with Gasteiger partial charge in [-0.1, -0.05) is 17.3 Å². The number of likely N-dealkylation sites (N-methyl/N-ethyl adjacent to an activating group) is 1. The van der Waals surface area contributed by atoms with E-state index in [-0.39, 0.29) is 4.90 Å². The molecule has 0 aliphatic rings. The van der Waals surface area contributed by atoms with Crippen LogP contribution in [0.1, 0.15) is 23.9 Å². The van der Waals surface area contributed by atoms with Crippen molar-refractivity contribution in [2.75, 3.05) is 24.5 Å². The molecule has 6 nitrogen and oxygen atoms in total. The van der Waals surface area contributed by atoms with Gasteiger partial charge < -0.3 is 9.42 Å². The number of rotatable bonds is 7. The molecule has 1 aromatic carbocycles. The topological polar surface area (TPSA) is 75.4 Å². The van der Waals surface area contributed by atoms with E-state index in [2.05, 4.69) is 20.8 Å². The maximum atomic E-state index is 12.4. The fraction of sp³-hybridized carbons (Fsp3) is 0.438. The Bertz CT molecular complexity index is 749. The Labute approximate surface area is 137 Å². The van der Waals surface area contributed by atoms with Gasteiger partial charge in [-0.3, -0.25) is 0 Å². The van der Waals surface area contributed by atoms with E-state index in [0.29, 0.717) is 24.5 Å². The van der Waals surface area contributed by atoms with Crippen LogP contribution in [0.3, 0.4) is 0 Å². The average molecular weight is 337 g/mol. The molecule has 0 radical (unpaired) electrons. The molecule has 0 saturated heterocycles. The number of sulfonamides is 1. The van der Waals surface area contributed by atoms with E-state index in [1.807, 2.05) is 32.0 Å². The number of hydrogen-bond acceptors (Lipinski definition) is 5. The normalized spacial score (nSPS) is 11.7. The second-order valence-corrected chi connectivity index (χ2v) is 7.17. The molecule has 0 spiro atoms. The lowest BCUT2D eigenvalue weighted by molar-refractivity contribution is 0.390. The second kappa shape index (κ2) is 7.14. The third-order valence-electron chi connectivity index (χ3n) is 3.66. The highest BCUT2D eigenvalue weighted by molar-refractivity contribution is 7.89. The Morgan fingerprint density at radius 1 is 1.26 bits per heavy atom. The van der Waals surface area contributed by atoms with Crippen LogP contribution in [0.25, 0.3) is 0 Å². The Morgan fingerprint density at radius 2 is 2.00 bits per heavy atom. The predicted octanol–water partition coefficient (Wildman–Crippen LogP) is 2.40. The van der Waals surface area contributed by atoms with E-state index in [9.17, 15) is 8.42 Å². The van der Waals surface area contributed by atoms with Crippen LogP contribution in [0.15, 0.2) is 33.7 Å². The lowest BCUT2D eigenvalue weighted by Crippen LogP contribution is -2.35. The van der Waals surface area contributed by atoms with Gasteiger partial charge in [-0.2, -0.15) is 0 Å². The minimum Gasteiger partial charge on any atom is -0.370 e. The molecule has 1 N–H and O–H groups in total.